The van der Waals surface area contributed by atoms with E-state index in [9.17, 15) is 4.79 Å². The summed E-state index contributed by atoms with van der Waals surface area (Å²) in [4.78, 5) is 12.0. The largest absolute Gasteiger partial charge is 0.381 e. The third-order valence-corrected chi connectivity index (χ3v) is 3.90. The van der Waals surface area contributed by atoms with Crippen molar-refractivity contribution in [3.05, 3.63) is 0 Å². The van der Waals surface area contributed by atoms with Gasteiger partial charge >= 0.3 is 0 Å². The Balaban J connectivity index is 1.81. The lowest BCUT2D eigenvalue weighted by Crippen LogP contribution is -2.44. The van der Waals surface area contributed by atoms with Crippen LogP contribution in [0.2, 0.25) is 0 Å². The molecule has 0 saturated carbocycles. The van der Waals surface area contributed by atoms with Gasteiger partial charge in [0.2, 0.25) is 5.91 Å². The summed E-state index contributed by atoms with van der Waals surface area (Å²) in [5.74, 6) is 0.843. The van der Waals surface area contributed by atoms with E-state index in [2.05, 4.69) is 24.5 Å². The molecule has 4 heteroatoms. The zero-order valence-electron chi connectivity index (χ0n) is 10.2. The van der Waals surface area contributed by atoms with Gasteiger partial charge in [-0.2, -0.15) is 0 Å². The Bertz CT molecular complexity index is 251. The fourth-order valence-corrected chi connectivity index (χ4v) is 2.61. The predicted molar refractivity (Wildman–Crippen MR) is 62.1 cm³/mol. The van der Waals surface area contributed by atoms with E-state index in [1.165, 1.54) is 0 Å². The minimum atomic E-state index is 0.143. The molecule has 4 nitrogen and oxygen atoms in total. The minimum Gasteiger partial charge on any atom is -0.381 e. The third-order valence-electron chi connectivity index (χ3n) is 3.90. The Kier molecular flexibility index (Phi) is 3.82. The number of carbonyl (C=O) groups is 1. The van der Waals surface area contributed by atoms with Crippen LogP contribution < -0.4 is 10.6 Å². The highest BCUT2D eigenvalue weighted by Crippen LogP contribution is 2.19. The number of rotatable bonds is 3. The second-order valence-electron chi connectivity index (χ2n) is 5.06. The first-order valence-electron chi connectivity index (χ1n) is 6.30. The molecule has 0 aromatic heterocycles. The Morgan fingerprint density at radius 1 is 1.50 bits per heavy atom. The van der Waals surface area contributed by atoms with Crippen molar-refractivity contribution < 1.29 is 9.53 Å². The van der Waals surface area contributed by atoms with E-state index in [0.717, 1.165) is 32.6 Å². The van der Waals surface area contributed by atoms with Crippen LogP contribution in [0.5, 0.6) is 0 Å². The maximum atomic E-state index is 12.0. The van der Waals surface area contributed by atoms with Gasteiger partial charge in [-0.15, -0.1) is 0 Å². The molecule has 2 fully saturated rings. The van der Waals surface area contributed by atoms with Crippen molar-refractivity contribution in [2.45, 2.75) is 38.8 Å². The number of nitrogens with one attached hydrogen (secondary N) is 2. The quantitative estimate of drug-likeness (QED) is 0.738. The molecule has 16 heavy (non-hydrogen) atoms. The summed E-state index contributed by atoms with van der Waals surface area (Å²) in [5, 5.41) is 6.44. The smallest absolute Gasteiger partial charge is 0.224 e. The van der Waals surface area contributed by atoms with Gasteiger partial charge in [-0.3, -0.25) is 4.79 Å². The van der Waals surface area contributed by atoms with Gasteiger partial charge in [0.1, 0.15) is 0 Å². The Morgan fingerprint density at radius 2 is 2.31 bits per heavy atom. The van der Waals surface area contributed by atoms with E-state index in [1.54, 1.807) is 0 Å². The monoisotopic (exact) mass is 226 g/mol. The first-order valence-corrected chi connectivity index (χ1v) is 6.30. The lowest BCUT2D eigenvalue weighted by molar-refractivity contribution is -0.126. The molecule has 2 heterocycles. The molecule has 0 spiro atoms. The Labute approximate surface area is 97.1 Å². The van der Waals surface area contributed by atoms with Crippen molar-refractivity contribution >= 4 is 5.91 Å². The van der Waals surface area contributed by atoms with Crippen molar-refractivity contribution in [3.8, 4) is 0 Å². The lowest BCUT2D eigenvalue weighted by Gasteiger charge is -2.22. The van der Waals surface area contributed by atoms with Gasteiger partial charge in [-0.25, -0.2) is 0 Å². The van der Waals surface area contributed by atoms with Gasteiger partial charge < -0.3 is 15.4 Å². The van der Waals surface area contributed by atoms with Crippen molar-refractivity contribution in [1.82, 2.24) is 10.6 Å². The van der Waals surface area contributed by atoms with Crippen LogP contribution in [0, 0.1) is 11.8 Å². The topological polar surface area (TPSA) is 50.4 Å². The summed E-state index contributed by atoms with van der Waals surface area (Å²) in [6, 6.07) is 0.551. The van der Waals surface area contributed by atoms with Gasteiger partial charge in [0, 0.05) is 24.6 Å². The van der Waals surface area contributed by atoms with Crippen molar-refractivity contribution in [3.63, 3.8) is 0 Å². The molecule has 0 aromatic rings. The van der Waals surface area contributed by atoms with E-state index in [1.807, 2.05) is 0 Å². The van der Waals surface area contributed by atoms with Crippen LogP contribution in [-0.2, 0) is 9.53 Å². The van der Waals surface area contributed by atoms with E-state index >= 15 is 0 Å². The maximum absolute atomic E-state index is 12.0. The molecular weight excluding hydrogens is 204 g/mol. The van der Waals surface area contributed by atoms with Crippen LogP contribution in [0.15, 0.2) is 0 Å². The van der Waals surface area contributed by atoms with E-state index in [0.29, 0.717) is 12.0 Å². The fourth-order valence-electron chi connectivity index (χ4n) is 2.61. The second kappa shape index (κ2) is 5.15. The molecular formula is C12H22N2O2. The van der Waals surface area contributed by atoms with Crippen LogP contribution in [0.4, 0.5) is 0 Å². The maximum Gasteiger partial charge on any atom is 0.224 e. The minimum absolute atomic E-state index is 0.143. The molecule has 2 saturated heterocycles. The highest BCUT2D eigenvalue weighted by Gasteiger charge is 2.31. The van der Waals surface area contributed by atoms with Gasteiger partial charge in [0.15, 0.2) is 0 Å². The van der Waals surface area contributed by atoms with Gasteiger partial charge in [0.25, 0.3) is 0 Å². The van der Waals surface area contributed by atoms with Gasteiger partial charge in [0.05, 0.1) is 12.5 Å². The average Bonchev–Trinajstić information content (AvgIpc) is 2.86. The van der Waals surface area contributed by atoms with Crippen LogP contribution in [0.25, 0.3) is 0 Å². The molecule has 2 aliphatic heterocycles. The standard InChI is InChI=1S/C12H22N2O2/c1-8(10-4-6-16-7-10)14-12(15)11-3-5-13-9(11)2/h8-11,13H,3-7H2,1-2H3,(H,14,15). The lowest BCUT2D eigenvalue weighted by atomic mass is 9.97. The fraction of sp³-hybridized carbons (Fsp3) is 0.917. The molecule has 4 unspecified atom stereocenters. The van der Waals surface area contributed by atoms with Crippen LogP contribution in [0.1, 0.15) is 26.7 Å². The van der Waals surface area contributed by atoms with E-state index < -0.39 is 0 Å². The SMILES string of the molecule is CC(NC(=O)C1CCNC1C)C1CCOC1. The summed E-state index contributed by atoms with van der Waals surface area (Å²) in [7, 11) is 0. The van der Waals surface area contributed by atoms with E-state index in [4.69, 9.17) is 4.74 Å². The van der Waals surface area contributed by atoms with Gasteiger partial charge in [-0.1, -0.05) is 0 Å². The second-order valence-corrected chi connectivity index (χ2v) is 5.06. The Morgan fingerprint density at radius 3 is 2.88 bits per heavy atom. The first-order chi connectivity index (χ1) is 7.68. The van der Waals surface area contributed by atoms with Crippen molar-refractivity contribution in [2.24, 2.45) is 11.8 Å². The summed E-state index contributed by atoms with van der Waals surface area (Å²) in [6.45, 7) is 6.76. The van der Waals surface area contributed by atoms with Crippen LogP contribution >= 0.6 is 0 Å². The molecule has 2 rings (SSSR count). The summed E-state index contributed by atoms with van der Waals surface area (Å²) >= 11 is 0. The third kappa shape index (κ3) is 2.55. The Hall–Kier alpha value is -0.610. The average molecular weight is 226 g/mol. The molecule has 2 N–H and O–H groups in total. The predicted octanol–water partition coefficient (Wildman–Crippen LogP) is 0.526. The number of hydrogen-bond donors (Lipinski definition) is 2. The summed E-state index contributed by atoms with van der Waals surface area (Å²) in [6.07, 6.45) is 2.03. The van der Waals surface area contributed by atoms with Crippen molar-refractivity contribution in [2.75, 3.05) is 19.8 Å². The van der Waals surface area contributed by atoms with Crippen molar-refractivity contribution in [1.29, 1.82) is 0 Å². The normalized spacial score (nSPS) is 36.2. The molecule has 0 radical (unpaired) electrons. The van der Waals surface area contributed by atoms with Crippen LogP contribution in [-0.4, -0.2) is 37.7 Å². The number of amides is 1. The summed E-state index contributed by atoms with van der Waals surface area (Å²) < 4.78 is 5.34. The van der Waals surface area contributed by atoms with Gasteiger partial charge in [-0.05, 0) is 33.2 Å². The first kappa shape index (κ1) is 11.9. The molecule has 0 aliphatic carbocycles. The number of ether oxygens (including phenoxy) is 1. The van der Waals surface area contributed by atoms with Crippen LogP contribution in [0.3, 0.4) is 0 Å². The highest BCUT2D eigenvalue weighted by molar-refractivity contribution is 5.80. The molecule has 0 aromatic carbocycles. The zero-order chi connectivity index (χ0) is 11.5. The summed E-state index contributed by atoms with van der Waals surface area (Å²) in [5.41, 5.74) is 0. The molecule has 0 bridgehead atoms. The highest BCUT2D eigenvalue weighted by atomic mass is 16.5. The molecule has 92 valence electrons. The molecule has 2 aliphatic rings. The van der Waals surface area contributed by atoms with E-state index in [-0.39, 0.29) is 17.9 Å². The molecule has 4 atom stereocenters. The molecule has 1 amide bonds. The zero-order valence-corrected chi connectivity index (χ0v) is 10.2. The number of carbonyl (C=O) groups excluding carboxylic acids is 1. The number of hydrogen-bond acceptors (Lipinski definition) is 3.